The zero-order valence-electron chi connectivity index (χ0n) is 8.09. The van der Waals surface area contributed by atoms with Crippen LogP contribution in [0.3, 0.4) is 0 Å². The first kappa shape index (κ1) is 9.75. The summed E-state index contributed by atoms with van der Waals surface area (Å²) in [6.07, 6.45) is 0.662. The van der Waals surface area contributed by atoms with E-state index in [1.807, 2.05) is 0 Å². The van der Waals surface area contributed by atoms with Crippen LogP contribution in [0.4, 0.5) is 0 Å². The molecule has 0 aromatic rings. The Balaban J connectivity index is 2.87. The maximum atomic E-state index is 9.84. The summed E-state index contributed by atoms with van der Waals surface area (Å²) < 4.78 is 0. The van der Waals surface area contributed by atoms with Gasteiger partial charge in [-0.25, -0.2) is 0 Å². The summed E-state index contributed by atoms with van der Waals surface area (Å²) >= 11 is 0. The monoisotopic (exact) mass is 170 g/mol. The zero-order valence-corrected chi connectivity index (χ0v) is 8.09. The molecule has 1 rings (SSSR count). The van der Waals surface area contributed by atoms with Gasteiger partial charge < -0.3 is 10.2 Å². The number of hydrogen-bond donors (Lipinski definition) is 2. The van der Waals surface area contributed by atoms with Crippen LogP contribution in [-0.2, 0) is 0 Å². The predicted octanol–water partition coefficient (Wildman–Crippen LogP) is 1.47. The van der Waals surface area contributed by atoms with Gasteiger partial charge in [0.25, 0.3) is 0 Å². The van der Waals surface area contributed by atoms with Gasteiger partial charge in [-0.05, 0) is 30.8 Å². The standard InChI is InChI=1S/C10H18O2/c1-7-5-9(2,3)6-10(4,12)8(7)11/h8,11-12H,1,5-6H2,2-4H3. The molecule has 2 N–H and O–H groups in total. The Morgan fingerprint density at radius 1 is 1.42 bits per heavy atom. The SMILES string of the molecule is C=C1CC(C)(C)CC(C)(O)C1O. The molecule has 12 heavy (non-hydrogen) atoms. The Labute approximate surface area is 73.9 Å². The highest BCUT2D eigenvalue weighted by atomic mass is 16.3. The van der Waals surface area contributed by atoms with E-state index in [2.05, 4.69) is 20.4 Å². The Hall–Kier alpha value is -0.340. The Kier molecular flexibility index (Phi) is 2.09. The van der Waals surface area contributed by atoms with Crippen LogP contribution in [0.1, 0.15) is 33.6 Å². The van der Waals surface area contributed by atoms with Crippen molar-refractivity contribution in [3.63, 3.8) is 0 Å². The van der Waals surface area contributed by atoms with Gasteiger partial charge in [-0.3, -0.25) is 0 Å². The van der Waals surface area contributed by atoms with Crippen LogP contribution in [0, 0.1) is 5.41 Å². The van der Waals surface area contributed by atoms with Crippen molar-refractivity contribution in [1.29, 1.82) is 0 Å². The molecule has 0 aliphatic heterocycles. The van der Waals surface area contributed by atoms with Crippen molar-refractivity contribution in [3.8, 4) is 0 Å². The van der Waals surface area contributed by atoms with E-state index >= 15 is 0 Å². The molecule has 2 atom stereocenters. The average molecular weight is 170 g/mol. The fourth-order valence-electron chi connectivity index (χ4n) is 2.28. The van der Waals surface area contributed by atoms with Crippen molar-refractivity contribution in [2.75, 3.05) is 0 Å². The molecule has 0 aromatic heterocycles. The van der Waals surface area contributed by atoms with Crippen LogP contribution in [0.2, 0.25) is 0 Å². The van der Waals surface area contributed by atoms with Gasteiger partial charge in [0.05, 0.1) is 5.60 Å². The molecular formula is C10H18O2. The van der Waals surface area contributed by atoms with Crippen molar-refractivity contribution in [3.05, 3.63) is 12.2 Å². The second-order valence-electron chi connectivity index (χ2n) is 4.94. The van der Waals surface area contributed by atoms with E-state index < -0.39 is 11.7 Å². The molecule has 70 valence electrons. The first-order valence-electron chi connectivity index (χ1n) is 4.33. The third-order valence-corrected chi connectivity index (χ3v) is 2.52. The molecule has 0 bridgehead atoms. The van der Waals surface area contributed by atoms with Crippen molar-refractivity contribution in [1.82, 2.24) is 0 Å². The smallest absolute Gasteiger partial charge is 0.103 e. The quantitative estimate of drug-likeness (QED) is 0.540. The second kappa shape index (κ2) is 2.57. The van der Waals surface area contributed by atoms with Gasteiger partial charge in [-0.15, -0.1) is 0 Å². The van der Waals surface area contributed by atoms with Gasteiger partial charge >= 0.3 is 0 Å². The summed E-state index contributed by atoms with van der Waals surface area (Å²) in [5.41, 5.74) is -0.199. The lowest BCUT2D eigenvalue weighted by Gasteiger charge is -2.44. The fourth-order valence-corrected chi connectivity index (χ4v) is 2.28. The lowest BCUT2D eigenvalue weighted by Crippen LogP contribution is -2.48. The first-order chi connectivity index (χ1) is 5.25. The number of rotatable bonds is 0. The lowest BCUT2D eigenvalue weighted by atomic mass is 9.67. The summed E-state index contributed by atoms with van der Waals surface area (Å²) in [5, 5.41) is 19.4. The normalized spacial score (nSPS) is 41.4. The first-order valence-corrected chi connectivity index (χ1v) is 4.33. The Morgan fingerprint density at radius 2 is 1.92 bits per heavy atom. The zero-order chi connectivity index (χ0) is 9.57. The van der Waals surface area contributed by atoms with E-state index in [9.17, 15) is 10.2 Å². The minimum atomic E-state index is -1.00. The fraction of sp³-hybridized carbons (Fsp3) is 0.800. The molecule has 2 unspecified atom stereocenters. The molecule has 0 amide bonds. The molecule has 0 saturated heterocycles. The summed E-state index contributed by atoms with van der Waals surface area (Å²) in [6.45, 7) is 9.61. The van der Waals surface area contributed by atoms with Gasteiger partial charge in [0.15, 0.2) is 0 Å². The van der Waals surface area contributed by atoms with Crippen molar-refractivity contribution in [2.24, 2.45) is 5.41 Å². The van der Waals surface area contributed by atoms with E-state index in [1.54, 1.807) is 6.92 Å². The second-order valence-corrected chi connectivity index (χ2v) is 4.94. The van der Waals surface area contributed by atoms with E-state index in [4.69, 9.17) is 0 Å². The van der Waals surface area contributed by atoms with Crippen LogP contribution < -0.4 is 0 Å². The molecule has 1 saturated carbocycles. The van der Waals surface area contributed by atoms with Crippen LogP contribution in [0.5, 0.6) is 0 Å². The summed E-state index contributed by atoms with van der Waals surface area (Å²) in [6, 6.07) is 0. The van der Waals surface area contributed by atoms with Gasteiger partial charge in [0, 0.05) is 0 Å². The number of hydrogen-bond acceptors (Lipinski definition) is 2. The highest BCUT2D eigenvalue weighted by Crippen LogP contribution is 2.42. The molecule has 0 radical (unpaired) electrons. The van der Waals surface area contributed by atoms with Gasteiger partial charge in [-0.1, -0.05) is 20.4 Å². The minimum Gasteiger partial charge on any atom is -0.387 e. The molecule has 0 aromatic carbocycles. The van der Waals surface area contributed by atoms with Crippen LogP contribution in [-0.4, -0.2) is 21.9 Å². The highest BCUT2D eigenvalue weighted by Gasteiger charge is 2.43. The van der Waals surface area contributed by atoms with Crippen molar-refractivity contribution in [2.45, 2.75) is 45.3 Å². The van der Waals surface area contributed by atoms with E-state index in [-0.39, 0.29) is 5.41 Å². The summed E-state index contributed by atoms with van der Waals surface area (Å²) in [5.74, 6) is 0. The molecule has 2 nitrogen and oxygen atoms in total. The molecule has 0 spiro atoms. The molecule has 1 fully saturated rings. The maximum Gasteiger partial charge on any atom is 0.103 e. The number of aliphatic hydroxyl groups is 2. The van der Waals surface area contributed by atoms with Crippen LogP contribution in [0.25, 0.3) is 0 Å². The Morgan fingerprint density at radius 3 is 2.33 bits per heavy atom. The van der Waals surface area contributed by atoms with Crippen LogP contribution >= 0.6 is 0 Å². The topological polar surface area (TPSA) is 40.5 Å². The molecular weight excluding hydrogens is 152 g/mol. The largest absolute Gasteiger partial charge is 0.387 e. The predicted molar refractivity (Wildman–Crippen MR) is 48.8 cm³/mol. The van der Waals surface area contributed by atoms with Crippen molar-refractivity contribution < 1.29 is 10.2 Å². The van der Waals surface area contributed by atoms with Gasteiger partial charge in [0.1, 0.15) is 6.10 Å². The minimum absolute atomic E-state index is 0.0554. The van der Waals surface area contributed by atoms with Gasteiger partial charge in [0.2, 0.25) is 0 Å². The third kappa shape index (κ3) is 1.70. The third-order valence-electron chi connectivity index (χ3n) is 2.52. The maximum absolute atomic E-state index is 9.84. The van der Waals surface area contributed by atoms with E-state index in [0.29, 0.717) is 6.42 Å². The highest BCUT2D eigenvalue weighted by molar-refractivity contribution is 5.16. The van der Waals surface area contributed by atoms with E-state index in [0.717, 1.165) is 12.0 Å². The van der Waals surface area contributed by atoms with Crippen molar-refractivity contribution >= 4 is 0 Å². The van der Waals surface area contributed by atoms with E-state index in [1.165, 1.54) is 0 Å². The Bertz CT molecular complexity index is 204. The van der Waals surface area contributed by atoms with Gasteiger partial charge in [-0.2, -0.15) is 0 Å². The number of aliphatic hydroxyl groups excluding tert-OH is 1. The molecule has 1 aliphatic rings. The molecule has 2 heteroatoms. The average Bonchev–Trinajstić information content (AvgIpc) is 1.79. The lowest BCUT2D eigenvalue weighted by molar-refractivity contribution is -0.0895. The van der Waals surface area contributed by atoms with Crippen LogP contribution in [0.15, 0.2) is 12.2 Å². The summed E-state index contributed by atoms with van der Waals surface area (Å²) in [4.78, 5) is 0. The molecule has 0 heterocycles. The molecule has 1 aliphatic carbocycles. The summed E-state index contributed by atoms with van der Waals surface area (Å²) in [7, 11) is 0.